The molecular weight excluding hydrogens is 456 g/mol. The van der Waals surface area contributed by atoms with Crippen molar-refractivity contribution >= 4 is 11.4 Å². The Morgan fingerprint density at radius 1 is 0.568 bits per heavy atom. The molecule has 0 aromatic heterocycles. The van der Waals surface area contributed by atoms with Crippen LogP contribution in [0.5, 0.6) is 23.0 Å². The molecule has 0 amide bonds. The smallest absolute Gasteiger partial charge is 0.127 e. The third-order valence-corrected chi connectivity index (χ3v) is 7.83. The van der Waals surface area contributed by atoms with E-state index in [2.05, 4.69) is 55.5 Å². The van der Waals surface area contributed by atoms with Crippen LogP contribution in [0.2, 0.25) is 0 Å². The number of nitrogens with two attached hydrogens (primary N) is 2. The second-order valence-electron chi connectivity index (χ2n) is 10.1. The van der Waals surface area contributed by atoms with Gasteiger partial charge >= 0.3 is 0 Å². The first-order chi connectivity index (χ1) is 18.1. The Kier molecular flexibility index (Phi) is 7.36. The molecule has 190 valence electrons. The fourth-order valence-electron chi connectivity index (χ4n) is 5.92. The Hall–Kier alpha value is -3.92. The van der Waals surface area contributed by atoms with E-state index in [1.54, 1.807) is 0 Å². The average molecular weight is 493 g/mol. The fourth-order valence-corrected chi connectivity index (χ4v) is 5.92. The molecule has 4 aromatic carbocycles. The minimum atomic E-state index is -0.0557. The zero-order chi connectivity index (χ0) is 25.7. The molecule has 0 spiro atoms. The van der Waals surface area contributed by atoms with Gasteiger partial charge in [-0.15, -0.1) is 0 Å². The van der Waals surface area contributed by atoms with E-state index in [0.717, 1.165) is 40.8 Å². The summed E-state index contributed by atoms with van der Waals surface area (Å²) in [6.45, 7) is 2.33. The molecule has 0 heterocycles. The fraction of sp³-hybridized carbons (Fsp3) is 0.273. The predicted molar refractivity (Wildman–Crippen MR) is 152 cm³/mol. The normalized spacial score (nSPS) is 14.3. The van der Waals surface area contributed by atoms with Gasteiger partial charge in [0.25, 0.3) is 0 Å². The van der Waals surface area contributed by atoms with Gasteiger partial charge in [0, 0.05) is 16.8 Å². The van der Waals surface area contributed by atoms with Crippen LogP contribution in [0.15, 0.2) is 97.1 Å². The lowest BCUT2D eigenvalue weighted by Crippen LogP contribution is -2.37. The van der Waals surface area contributed by atoms with Crippen LogP contribution in [-0.4, -0.2) is 0 Å². The summed E-state index contributed by atoms with van der Waals surface area (Å²) in [5.74, 6) is 3.82. The number of anilines is 2. The van der Waals surface area contributed by atoms with Gasteiger partial charge in [-0.05, 0) is 109 Å². The Morgan fingerprint density at radius 3 is 1.27 bits per heavy atom. The van der Waals surface area contributed by atoms with Gasteiger partial charge in [0.05, 0.1) is 0 Å². The number of hydrogen-bond acceptors (Lipinski definition) is 4. The van der Waals surface area contributed by atoms with Crippen LogP contribution in [0.4, 0.5) is 11.4 Å². The van der Waals surface area contributed by atoms with Crippen molar-refractivity contribution in [2.24, 2.45) is 5.92 Å². The number of rotatable bonds is 8. The maximum Gasteiger partial charge on any atom is 0.127 e. The number of ether oxygens (including phenoxy) is 2. The molecule has 1 aliphatic carbocycles. The Bertz CT molecular complexity index is 1180. The summed E-state index contributed by atoms with van der Waals surface area (Å²) < 4.78 is 12.2. The van der Waals surface area contributed by atoms with Gasteiger partial charge in [0.1, 0.15) is 23.0 Å². The van der Waals surface area contributed by atoms with Gasteiger partial charge in [-0.2, -0.15) is 0 Å². The van der Waals surface area contributed by atoms with Crippen LogP contribution in [0.1, 0.15) is 56.6 Å². The van der Waals surface area contributed by atoms with Crippen molar-refractivity contribution in [3.05, 3.63) is 108 Å². The van der Waals surface area contributed by atoms with Crippen molar-refractivity contribution in [2.45, 2.75) is 50.9 Å². The summed E-state index contributed by atoms with van der Waals surface area (Å²) in [6.07, 6.45) is 7.46. The first-order valence-corrected chi connectivity index (χ1v) is 13.3. The molecule has 0 atom stereocenters. The summed E-state index contributed by atoms with van der Waals surface area (Å²) in [4.78, 5) is 0. The van der Waals surface area contributed by atoms with Gasteiger partial charge in [-0.25, -0.2) is 0 Å². The second-order valence-corrected chi connectivity index (χ2v) is 10.1. The van der Waals surface area contributed by atoms with Crippen molar-refractivity contribution in [3.63, 3.8) is 0 Å². The molecule has 0 aliphatic heterocycles. The van der Waals surface area contributed by atoms with Crippen LogP contribution in [0, 0.1) is 5.92 Å². The lowest BCUT2D eigenvalue weighted by molar-refractivity contribution is 0.231. The second kappa shape index (κ2) is 11.0. The zero-order valence-corrected chi connectivity index (χ0v) is 21.5. The Morgan fingerprint density at radius 2 is 0.919 bits per heavy atom. The van der Waals surface area contributed by atoms with Crippen LogP contribution in [0.25, 0.3) is 0 Å². The molecule has 4 nitrogen and oxygen atoms in total. The highest BCUT2D eigenvalue weighted by Crippen LogP contribution is 2.49. The third kappa shape index (κ3) is 5.43. The summed E-state index contributed by atoms with van der Waals surface area (Å²) >= 11 is 0. The number of nitrogen functional groups attached to an aromatic ring is 2. The van der Waals surface area contributed by atoms with Crippen LogP contribution in [-0.2, 0) is 5.41 Å². The highest BCUT2D eigenvalue weighted by Gasteiger charge is 2.40. The van der Waals surface area contributed by atoms with E-state index in [9.17, 15) is 0 Å². The lowest BCUT2D eigenvalue weighted by atomic mass is 9.60. The minimum Gasteiger partial charge on any atom is -0.457 e. The summed E-state index contributed by atoms with van der Waals surface area (Å²) in [7, 11) is 0. The summed E-state index contributed by atoms with van der Waals surface area (Å²) in [6, 6.07) is 32.4. The molecule has 0 unspecified atom stereocenters. The Balaban J connectivity index is 1.44. The van der Waals surface area contributed by atoms with Gasteiger partial charge in [0.15, 0.2) is 0 Å². The molecule has 4 aromatic rings. The molecule has 1 aliphatic rings. The average Bonchev–Trinajstić information content (AvgIpc) is 2.94. The van der Waals surface area contributed by atoms with E-state index in [1.165, 1.54) is 43.2 Å². The first-order valence-electron chi connectivity index (χ1n) is 13.3. The van der Waals surface area contributed by atoms with E-state index >= 15 is 0 Å². The van der Waals surface area contributed by atoms with Gasteiger partial charge < -0.3 is 20.9 Å². The van der Waals surface area contributed by atoms with Crippen molar-refractivity contribution < 1.29 is 9.47 Å². The monoisotopic (exact) mass is 492 g/mol. The van der Waals surface area contributed by atoms with Gasteiger partial charge in [-0.3, -0.25) is 0 Å². The molecule has 4 N–H and O–H groups in total. The minimum absolute atomic E-state index is 0.0557. The standard InChI is InChI=1S/C33H36N2O2/c1-2-33(24-6-4-3-5-7-24,25-8-16-29(17-9-25)36-31-20-12-27(34)13-21-31)26-10-18-30(19-11-26)37-32-22-14-28(35)15-23-32/h8-24H,2-7,34-35H2,1H3. The van der Waals surface area contributed by atoms with Gasteiger partial charge in [-0.1, -0.05) is 50.5 Å². The molecule has 0 saturated heterocycles. The van der Waals surface area contributed by atoms with Crippen molar-refractivity contribution in [3.8, 4) is 23.0 Å². The van der Waals surface area contributed by atoms with Crippen LogP contribution < -0.4 is 20.9 Å². The first kappa shape index (κ1) is 24.8. The van der Waals surface area contributed by atoms with Crippen molar-refractivity contribution in [1.29, 1.82) is 0 Å². The van der Waals surface area contributed by atoms with E-state index in [-0.39, 0.29) is 5.41 Å². The SMILES string of the molecule is CCC(c1ccc(Oc2ccc(N)cc2)cc1)(c1ccc(Oc2ccc(N)cc2)cc1)C1CCCCC1. The van der Waals surface area contributed by atoms with E-state index < -0.39 is 0 Å². The van der Waals surface area contributed by atoms with Gasteiger partial charge in [0.2, 0.25) is 0 Å². The predicted octanol–water partition coefficient (Wildman–Crippen LogP) is 8.71. The molecule has 0 bridgehead atoms. The topological polar surface area (TPSA) is 70.5 Å². The van der Waals surface area contributed by atoms with E-state index in [1.807, 2.05) is 48.5 Å². The van der Waals surface area contributed by atoms with Crippen molar-refractivity contribution in [2.75, 3.05) is 11.5 Å². The molecule has 1 saturated carbocycles. The molecule has 0 radical (unpaired) electrons. The molecule has 4 heteroatoms. The summed E-state index contributed by atoms with van der Waals surface area (Å²) in [5, 5.41) is 0. The maximum atomic E-state index is 6.09. The summed E-state index contributed by atoms with van der Waals surface area (Å²) in [5.41, 5.74) is 15.7. The molecule has 1 fully saturated rings. The zero-order valence-electron chi connectivity index (χ0n) is 21.5. The third-order valence-electron chi connectivity index (χ3n) is 7.83. The lowest BCUT2D eigenvalue weighted by Gasteiger charge is -2.43. The van der Waals surface area contributed by atoms with Crippen LogP contribution >= 0.6 is 0 Å². The van der Waals surface area contributed by atoms with E-state index in [4.69, 9.17) is 20.9 Å². The highest BCUT2D eigenvalue weighted by atomic mass is 16.5. The van der Waals surface area contributed by atoms with E-state index in [0.29, 0.717) is 5.92 Å². The number of hydrogen-bond donors (Lipinski definition) is 2. The van der Waals surface area contributed by atoms with Crippen LogP contribution in [0.3, 0.4) is 0 Å². The number of benzene rings is 4. The van der Waals surface area contributed by atoms with Crippen molar-refractivity contribution in [1.82, 2.24) is 0 Å². The highest BCUT2D eigenvalue weighted by molar-refractivity contribution is 5.47. The largest absolute Gasteiger partial charge is 0.457 e. The maximum absolute atomic E-state index is 6.09. The Labute approximate surface area is 220 Å². The quantitative estimate of drug-likeness (QED) is 0.241. The molecule has 37 heavy (non-hydrogen) atoms. The molecule has 5 rings (SSSR count). The molecular formula is C33H36N2O2.